The maximum atomic E-state index is 13.1. The van der Waals surface area contributed by atoms with Crippen molar-refractivity contribution < 1.29 is 19.1 Å². The second-order valence-corrected chi connectivity index (χ2v) is 9.90. The Morgan fingerprint density at radius 1 is 1.22 bits per heavy atom. The predicted molar refractivity (Wildman–Crippen MR) is 141 cm³/mol. The molecule has 1 unspecified atom stereocenters. The molecule has 0 saturated heterocycles. The number of aryl methyl sites for hydroxylation is 1. The first-order valence-corrected chi connectivity index (χ1v) is 13.1. The largest absolute Gasteiger partial charge is 0.446 e. The molecule has 3 heterocycles. The molecule has 0 bridgehead atoms. The first-order valence-electron chi connectivity index (χ1n) is 12.3. The summed E-state index contributed by atoms with van der Waals surface area (Å²) in [6.07, 6.45) is 4.11. The molecule has 190 valence electrons. The van der Waals surface area contributed by atoms with E-state index in [-0.39, 0.29) is 17.8 Å². The highest BCUT2D eigenvalue weighted by Gasteiger charge is 2.34. The Morgan fingerprint density at radius 2 is 2.03 bits per heavy atom. The van der Waals surface area contributed by atoms with Crippen molar-refractivity contribution in [2.75, 3.05) is 37.7 Å². The standard InChI is InChI=1S/C26H31N5O4S/c1-4-29(5-2)14-15-35-25(33)31-26(34)36-18(3)23(28-31)20-10-11-22-19(16-20)9-7-13-30(22)24(32)21-8-6-12-27-17-21/h6,8,10-12,16-18H,4-5,7,9,13-15H2,1-3H3. The Balaban J connectivity index is 1.54. The molecule has 9 nitrogen and oxygen atoms in total. The maximum absolute atomic E-state index is 13.1. The predicted octanol–water partition coefficient (Wildman–Crippen LogP) is 4.41. The fraction of sp³-hybridized carbons (Fsp3) is 0.423. The van der Waals surface area contributed by atoms with Crippen LogP contribution >= 0.6 is 11.8 Å². The van der Waals surface area contributed by atoms with Crippen molar-refractivity contribution in [3.8, 4) is 0 Å². The molecule has 0 fully saturated rings. The number of hydrazone groups is 1. The highest BCUT2D eigenvalue weighted by atomic mass is 32.2. The second kappa shape index (κ2) is 11.7. The van der Waals surface area contributed by atoms with E-state index in [9.17, 15) is 14.4 Å². The molecule has 0 saturated carbocycles. The topological polar surface area (TPSA) is 95.4 Å². The quantitative estimate of drug-likeness (QED) is 0.545. The number of anilines is 1. The number of rotatable bonds is 7. The zero-order chi connectivity index (χ0) is 25.7. The van der Waals surface area contributed by atoms with E-state index in [0.717, 1.165) is 59.5 Å². The molecule has 1 aromatic heterocycles. The number of pyridine rings is 1. The van der Waals surface area contributed by atoms with Gasteiger partial charge >= 0.3 is 11.3 Å². The van der Waals surface area contributed by atoms with Crippen molar-refractivity contribution in [1.29, 1.82) is 0 Å². The molecule has 0 radical (unpaired) electrons. The Morgan fingerprint density at radius 3 is 2.75 bits per heavy atom. The van der Waals surface area contributed by atoms with Crippen LogP contribution in [0.4, 0.5) is 15.3 Å². The van der Waals surface area contributed by atoms with Gasteiger partial charge in [0.1, 0.15) is 6.61 Å². The normalized spacial score (nSPS) is 17.6. The lowest BCUT2D eigenvalue weighted by molar-refractivity contribution is 0.0983. The zero-order valence-electron chi connectivity index (χ0n) is 20.8. The van der Waals surface area contributed by atoms with Crippen LogP contribution in [0.1, 0.15) is 48.7 Å². The maximum Gasteiger partial charge on any atom is 0.438 e. The zero-order valence-corrected chi connectivity index (χ0v) is 21.7. The fourth-order valence-electron chi connectivity index (χ4n) is 4.37. The number of benzene rings is 1. The van der Waals surface area contributed by atoms with Crippen LogP contribution in [-0.2, 0) is 11.2 Å². The van der Waals surface area contributed by atoms with E-state index in [0.29, 0.717) is 24.4 Å². The van der Waals surface area contributed by atoms with Gasteiger partial charge in [-0.1, -0.05) is 31.7 Å². The summed E-state index contributed by atoms with van der Waals surface area (Å²) in [5, 5.41) is 4.54. The minimum absolute atomic E-state index is 0.0834. The van der Waals surface area contributed by atoms with Crippen LogP contribution in [0.2, 0.25) is 0 Å². The molecule has 2 aromatic rings. The number of fused-ring (bicyclic) bond motifs is 1. The Hall–Kier alpha value is -3.24. The van der Waals surface area contributed by atoms with Crippen LogP contribution in [0.3, 0.4) is 0 Å². The third-order valence-corrected chi connectivity index (χ3v) is 7.34. The van der Waals surface area contributed by atoms with Gasteiger partial charge in [0.05, 0.1) is 16.5 Å². The molecule has 2 aliphatic rings. The molecule has 36 heavy (non-hydrogen) atoms. The molecular weight excluding hydrogens is 478 g/mol. The second-order valence-electron chi connectivity index (χ2n) is 8.61. The van der Waals surface area contributed by atoms with Gasteiger partial charge in [0.15, 0.2) is 0 Å². The third kappa shape index (κ3) is 5.60. The molecular formula is C26H31N5O4S. The third-order valence-electron chi connectivity index (χ3n) is 6.39. The summed E-state index contributed by atoms with van der Waals surface area (Å²) in [6, 6.07) is 9.33. The van der Waals surface area contributed by atoms with E-state index in [4.69, 9.17) is 4.74 Å². The molecule has 0 spiro atoms. The lowest BCUT2D eigenvalue weighted by Crippen LogP contribution is -2.39. The van der Waals surface area contributed by atoms with E-state index in [2.05, 4.69) is 15.0 Å². The van der Waals surface area contributed by atoms with Crippen LogP contribution < -0.4 is 4.90 Å². The molecule has 10 heteroatoms. The van der Waals surface area contributed by atoms with Gasteiger partial charge in [0.25, 0.3) is 5.91 Å². The number of aromatic nitrogens is 1. The van der Waals surface area contributed by atoms with Gasteiger partial charge in [-0.05, 0) is 68.2 Å². The summed E-state index contributed by atoms with van der Waals surface area (Å²) in [5.41, 5.74) is 3.88. The van der Waals surface area contributed by atoms with Gasteiger partial charge in [0, 0.05) is 31.2 Å². The van der Waals surface area contributed by atoms with Crippen LogP contribution in [0.5, 0.6) is 0 Å². The summed E-state index contributed by atoms with van der Waals surface area (Å²) in [4.78, 5) is 46.2. The van der Waals surface area contributed by atoms with Gasteiger partial charge in [-0.2, -0.15) is 5.10 Å². The summed E-state index contributed by atoms with van der Waals surface area (Å²) >= 11 is 1.04. The number of thioether (sulfide) groups is 1. The first-order chi connectivity index (χ1) is 17.4. The van der Waals surface area contributed by atoms with E-state index >= 15 is 0 Å². The molecule has 3 amide bonds. The number of imide groups is 1. The van der Waals surface area contributed by atoms with Crippen molar-refractivity contribution in [1.82, 2.24) is 14.9 Å². The van der Waals surface area contributed by atoms with Crippen LogP contribution in [0.15, 0.2) is 47.8 Å². The van der Waals surface area contributed by atoms with Gasteiger partial charge in [-0.3, -0.25) is 14.6 Å². The number of amides is 3. The summed E-state index contributed by atoms with van der Waals surface area (Å²) < 4.78 is 5.33. The minimum atomic E-state index is -0.768. The molecule has 1 aromatic carbocycles. The molecule has 0 aliphatic carbocycles. The number of nitrogens with zero attached hydrogens (tertiary/aromatic N) is 5. The number of carbonyl (C=O) groups excluding carboxylic acids is 3. The van der Waals surface area contributed by atoms with Crippen LogP contribution in [0, 0.1) is 0 Å². The van der Waals surface area contributed by atoms with E-state index in [1.807, 2.05) is 39.0 Å². The smallest absolute Gasteiger partial charge is 0.438 e. The molecule has 1 atom stereocenters. The molecule has 0 N–H and O–H groups in total. The molecule has 2 aliphatic heterocycles. The number of likely N-dealkylation sites (N-methyl/N-ethyl adjacent to an activating group) is 1. The fourth-order valence-corrected chi connectivity index (χ4v) is 5.18. The summed E-state index contributed by atoms with van der Waals surface area (Å²) in [7, 11) is 0. The highest BCUT2D eigenvalue weighted by Crippen LogP contribution is 2.32. The van der Waals surface area contributed by atoms with E-state index < -0.39 is 11.3 Å². The monoisotopic (exact) mass is 509 g/mol. The van der Waals surface area contributed by atoms with Crippen LogP contribution in [0.25, 0.3) is 0 Å². The summed E-state index contributed by atoms with van der Waals surface area (Å²) in [5.74, 6) is -0.0834. The highest BCUT2D eigenvalue weighted by molar-refractivity contribution is 8.14. The van der Waals surface area contributed by atoms with Crippen molar-refractivity contribution in [3.05, 3.63) is 59.4 Å². The van der Waals surface area contributed by atoms with Gasteiger partial charge in [0.2, 0.25) is 0 Å². The average molecular weight is 510 g/mol. The lowest BCUT2D eigenvalue weighted by Gasteiger charge is -2.31. The Kier molecular flexibility index (Phi) is 8.37. The average Bonchev–Trinajstić information content (AvgIpc) is 2.90. The lowest BCUT2D eigenvalue weighted by atomic mass is 9.96. The van der Waals surface area contributed by atoms with Gasteiger partial charge in [-0.25, -0.2) is 4.79 Å². The van der Waals surface area contributed by atoms with Gasteiger partial charge < -0.3 is 14.5 Å². The Bertz CT molecular complexity index is 1150. The number of hydrogen-bond acceptors (Lipinski definition) is 8. The van der Waals surface area contributed by atoms with Crippen molar-refractivity contribution >= 4 is 40.4 Å². The van der Waals surface area contributed by atoms with Crippen LogP contribution in [-0.4, -0.2) is 75.9 Å². The van der Waals surface area contributed by atoms with Crippen molar-refractivity contribution in [3.63, 3.8) is 0 Å². The number of carbonyl (C=O) groups is 3. The van der Waals surface area contributed by atoms with Gasteiger partial charge in [-0.15, -0.1) is 5.01 Å². The molecule has 4 rings (SSSR count). The number of ether oxygens (including phenoxy) is 1. The number of hydrogen-bond donors (Lipinski definition) is 0. The SMILES string of the molecule is CCN(CC)CCOC(=O)N1N=C(c2ccc3c(c2)CCCN3C(=O)c2cccnc2)C(C)SC1=O. The minimum Gasteiger partial charge on any atom is -0.446 e. The van der Waals surface area contributed by atoms with Crippen molar-refractivity contribution in [2.24, 2.45) is 5.10 Å². The van der Waals surface area contributed by atoms with E-state index in [1.165, 1.54) is 0 Å². The van der Waals surface area contributed by atoms with E-state index in [1.54, 1.807) is 29.4 Å². The summed E-state index contributed by atoms with van der Waals surface area (Å²) in [6.45, 7) is 9.11. The Labute approximate surface area is 215 Å². The first kappa shape index (κ1) is 25.8. The van der Waals surface area contributed by atoms with Crippen molar-refractivity contribution in [2.45, 2.75) is 38.9 Å².